The zero-order chi connectivity index (χ0) is 15.1. The predicted molar refractivity (Wildman–Crippen MR) is 88.2 cm³/mol. The highest BCUT2D eigenvalue weighted by molar-refractivity contribution is 9.10. The van der Waals surface area contributed by atoms with Gasteiger partial charge in [-0.3, -0.25) is 4.79 Å². The number of carbonyl (C=O) groups is 1. The Morgan fingerprint density at radius 3 is 2.48 bits per heavy atom. The normalized spacial score (nSPS) is 17.4. The van der Waals surface area contributed by atoms with Crippen LogP contribution >= 0.6 is 15.9 Å². The van der Waals surface area contributed by atoms with E-state index in [1.54, 1.807) is 0 Å². The molecule has 0 radical (unpaired) electrons. The monoisotopic (exact) mass is 354 g/mol. The standard InChI is InChI=1S/C16H23BrN2O2/c17-13-4-6-14(7-5-13)19-15(21)10-18-11-16(12-20)8-2-1-3-9-16/h4-7,18,20H,1-3,8-12H2,(H,19,21). The summed E-state index contributed by atoms with van der Waals surface area (Å²) in [5.41, 5.74) is 0.760. The molecule has 1 aromatic rings. The van der Waals surface area contributed by atoms with E-state index in [-0.39, 0.29) is 24.5 Å². The topological polar surface area (TPSA) is 61.4 Å². The van der Waals surface area contributed by atoms with Crippen LogP contribution in [0.2, 0.25) is 0 Å². The van der Waals surface area contributed by atoms with Crippen molar-refractivity contribution in [3.05, 3.63) is 28.7 Å². The summed E-state index contributed by atoms with van der Waals surface area (Å²) in [4.78, 5) is 11.9. The molecule has 1 amide bonds. The van der Waals surface area contributed by atoms with Crippen LogP contribution < -0.4 is 10.6 Å². The van der Waals surface area contributed by atoms with Gasteiger partial charge in [-0.05, 0) is 37.1 Å². The van der Waals surface area contributed by atoms with Crippen LogP contribution in [0.15, 0.2) is 28.7 Å². The molecule has 5 heteroatoms. The van der Waals surface area contributed by atoms with Crippen LogP contribution in [-0.2, 0) is 4.79 Å². The number of halogens is 1. The van der Waals surface area contributed by atoms with E-state index in [9.17, 15) is 9.90 Å². The molecule has 0 aromatic heterocycles. The molecule has 0 atom stereocenters. The Labute approximate surface area is 134 Å². The Balaban J connectivity index is 1.74. The minimum Gasteiger partial charge on any atom is -0.396 e. The second-order valence-electron chi connectivity index (χ2n) is 5.88. The largest absolute Gasteiger partial charge is 0.396 e. The molecule has 0 saturated heterocycles. The van der Waals surface area contributed by atoms with Crippen molar-refractivity contribution in [2.45, 2.75) is 32.1 Å². The lowest BCUT2D eigenvalue weighted by atomic mass is 9.74. The van der Waals surface area contributed by atoms with E-state index in [4.69, 9.17) is 0 Å². The summed E-state index contributed by atoms with van der Waals surface area (Å²) in [7, 11) is 0. The molecule has 3 N–H and O–H groups in total. The first-order chi connectivity index (χ1) is 10.1. The van der Waals surface area contributed by atoms with Gasteiger partial charge in [-0.15, -0.1) is 0 Å². The summed E-state index contributed by atoms with van der Waals surface area (Å²) in [6, 6.07) is 7.51. The number of nitrogens with one attached hydrogen (secondary N) is 2. The Hall–Kier alpha value is -0.910. The van der Waals surface area contributed by atoms with Crippen molar-refractivity contribution in [2.24, 2.45) is 5.41 Å². The highest BCUT2D eigenvalue weighted by Gasteiger charge is 2.30. The minimum atomic E-state index is -0.0544. The Bertz CT molecular complexity index is 456. The van der Waals surface area contributed by atoms with Gasteiger partial charge in [-0.25, -0.2) is 0 Å². The molecule has 0 spiro atoms. The van der Waals surface area contributed by atoms with Crippen molar-refractivity contribution in [1.29, 1.82) is 0 Å². The number of anilines is 1. The van der Waals surface area contributed by atoms with Crippen LogP contribution in [0.25, 0.3) is 0 Å². The van der Waals surface area contributed by atoms with Crippen LogP contribution in [0.4, 0.5) is 5.69 Å². The second-order valence-corrected chi connectivity index (χ2v) is 6.79. The van der Waals surface area contributed by atoms with Gasteiger partial charge in [0, 0.05) is 28.7 Å². The fraction of sp³-hybridized carbons (Fsp3) is 0.562. The van der Waals surface area contributed by atoms with Crippen LogP contribution in [0.3, 0.4) is 0 Å². The third kappa shape index (κ3) is 5.09. The van der Waals surface area contributed by atoms with E-state index in [0.717, 1.165) is 23.0 Å². The molecule has 1 aromatic carbocycles. The van der Waals surface area contributed by atoms with Gasteiger partial charge >= 0.3 is 0 Å². The number of carbonyl (C=O) groups excluding carboxylic acids is 1. The molecule has 0 aliphatic heterocycles. The maximum Gasteiger partial charge on any atom is 0.238 e. The summed E-state index contributed by atoms with van der Waals surface area (Å²) in [5, 5.41) is 15.7. The van der Waals surface area contributed by atoms with E-state index < -0.39 is 0 Å². The fourth-order valence-corrected chi connectivity index (χ4v) is 3.14. The molecular weight excluding hydrogens is 332 g/mol. The minimum absolute atomic E-state index is 0.0316. The van der Waals surface area contributed by atoms with Crippen molar-refractivity contribution in [3.63, 3.8) is 0 Å². The third-order valence-corrected chi connectivity index (χ3v) is 4.69. The smallest absolute Gasteiger partial charge is 0.238 e. The van der Waals surface area contributed by atoms with Gasteiger partial charge in [0.2, 0.25) is 5.91 Å². The van der Waals surface area contributed by atoms with Gasteiger partial charge in [-0.2, -0.15) is 0 Å². The Morgan fingerprint density at radius 2 is 1.86 bits per heavy atom. The average Bonchev–Trinajstić information content (AvgIpc) is 2.50. The number of benzene rings is 1. The summed E-state index contributed by atoms with van der Waals surface area (Å²) in [5.74, 6) is -0.0544. The first-order valence-electron chi connectivity index (χ1n) is 7.51. The molecule has 1 aliphatic rings. The number of aliphatic hydroxyl groups is 1. The number of hydrogen-bond donors (Lipinski definition) is 3. The zero-order valence-corrected chi connectivity index (χ0v) is 13.8. The Morgan fingerprint density at radius 1 is 1.19 bits per heavy atom. The predicted octanol–water partition coefficient (Wildman–Crippen LogP) is 2.92. The number of hydrogen-bond acceptors (Lipinski definition) is 3. The van der Waals surface area contributed by atoms with Gasteiger partial charge in [0.25, 0.3) is 0 Å². The molecule has 1 saturated carbocycles. The molecule has 4 nitrogen and oxygen atoms in total. The zero-order valence-electron chi connectivity index (χ0n) is 12.2. The van der Waals surface area contributed by atoms with Crippen LogP contribution in [-0.4, -0.2) is 30.7 Å². The van der Waals surface area contributed by atoms with Crippen molar-refractivity contribution in [1.82, 2.24) is 5.32 Å². The van der Waals surface area contributed by atoms with E-state index in [1.807, 2.05) is 24.3 Å². The van der Waals surface area contributed by atoms with Crippen molar-refractivity contribution >= 4 is 27.5 Å². The molecular formula is C16H23BrN2O2. The number of rotatable bonds is 6. The lowest BCUT2D eigenvalue weighted by Crippen LogP contribution is -2.41. The van der Waals surface area contributed by atoms with Gasteiger partial charge in [0.05, 0.1) is 6.54 Å². The van der Waals surface area contributed by atoms with Crippen LogP contribution in [0.1, 0.15) is 32.1 Å². The van der Waals surface area contributed by atoms with E-state index in [1.165, 1.54) is 19.3 Å². The van der Waals surface area contributed by atoms with E-state index in [0.29, 0.717) is 6.54 Å². The van der Waals surface area contributed by atoms with Crippen LogP contribution in [0.5, 0.6) is 0 Å². The van der Waals surface area contributed by atoms with Gasteiger partial charge < -0.3 is 15.7 Å². The fourth-order valence-electron chi connectivity index (χ4n) is 2.87. The highest BCUT2D eigenvalue weighted by Crippen LogP contribution is 2.35. The summed E-state index contributed by atoms with van der Waals surface area (Å²) in [6.07, 6.45) is 5.70. The molecule has 0 unspecified atom stereocenters. The molecule has 1 aliphatic carbocycles. The molecule has 116 valence electrons. The molecule has 0 heterocycles. The van der Waals surface area contributed by atoms with Crippen LogP contribution in [0, 0.1) is 5.41 Å². The van der Waals surface area contributed by atoms with Gasteiger partial charge in [-0.1, -0.05) is 35.2 Å². The van der Waals surface area contributed by atoms with Gasteiger partial charge in [0.1, 0.15) is 0 Å². The molecule has 1 fully saturated rings. The maximum absolute atomic E-state index is 11.9. The summed E-state index contributed by atoms with van der Waals surface area (Å²) < 4.78 is 0.987. The third-order valence-electron chi connectivity index (χ3n) is 4.16. The molecule has 2 rings (SSSR count). The summed E-state index contributed by atoms with van der Waals surface area (Å²) >= 11 is 3.36. The Kier molecular flexibility index (Phi) is 6.21. The highest BCUT2D eigenvalue weighted by atomic mass is 79.9. The van der Waals surface area contributed by atoms with E-state index >= 15 is 0 Å². The van der Waals surface area contributed by atoms with Crippen molar-refractivity contribution in [2.75, 3.05) is 25.0 Å². The lowest BCUT2D eigenvalue weighted by Gasteiger charge is -2.35. The molecule has 0 bridgehead atoms. The molecule has 21 heavy (non-hydrogen) atoms. The first kappa shape index (κ1) is 16.5. The average molecular weight is 355 g/mol. The van der Waals surface area contributed by atoms with Crippen molar-refractivity contribution < 1.29 is 9.90 Å². The van der Waals surface area contributed by atoms with Gasteiger partial charge in [0.15, 0.2) is 0 Å². The number of amides is 1. The quantitative estimate of drug-likeness (QED) is 0.735. The number of aliphatic hydroxyl groups excluding tert-OH is 1. The first-order valence-corrected chi connectivity index (χ1v) is 8.30. The second kappa shape index (κ2) is 7.92. The van der Waals surface area contributed by atoms with E-state index in [2.05, 4.69) is 26.6 Å². The maximum atomic E-state index is 11.9. The SMILES string of the molecule is O=C(CNCC1(CO)CCCCC1)Nc1ccc(Br)cc1. The summed E-state index contributed by atoms with van der Waals surface area (Å²) in [6.45, 7) is 1.18. The lowest BCUT2D eigenvalue weighted by molar-refractivity contribution is -0.115. The van der Waals surface area contributed by atoms with Crippen molar-refractivity contribution in [3.8, 4) is 0 Å².